The lowest BCUT2D eigenvalue weighted by Crippen LogP contribution is -2.10. The summed E-state index contributed by atoms with van der Waals surface area (Å²) in [5, 5.41) is 12.9. The summed E-state index contributed by atoms with van der Waals surface area (Å²) in [6.45, 7) is 0. The van der Waals surface area contributed by atoms with Crippen molar-refractivity contribution >= 4 is 112 Å². The lowest BCUT2D eigenvalue weighted by Gasteiger charge is -2.27. The first-order valence-corrected chi connectivity index (χ1v) is 19.0. The highest BCUT2D eigenvalue weighted by Crippen LogP contribution is 2.47. The molecule has 9 aromatic carbocycles. The van der Waals surface area contributed by atoms with E-state index in [-0.39, 0.29) is 0 Å². The van der Waals surface area contributed by atoms with E-state index in [4.69, 9.17) is 0 Å². The van der Waals surface area contributed by atoms with Crippen molar-refractivity contribution < 1.29 is 0 Å². The molecule has 11 rings (SSSR count). The Morgan fingerprint density at radius 3 is 1.78 bits per heavy atom. The van der Waals surface area contributed by atoms with E-state index in [0.717, 1.165) is 11.4 Å². The summed E-state index contributed by atoms with van der Waals surface area (Å²) in [7, 11) is 0. The van der Waals surface area contributed by atoms with Crippen molar-refractivity contribution in [1.82, 2.24) is 0 Å². The van der Waals surface area contributed by atoms with Gasteiger partial charge in [0.25, 0.3) is 0 Å². The largest absolute Gasteiger partial charge is 0.309 e. The zero-order chi connectivity index (χ0) is 33.5. The maximum atomic E-state index is 2.46. The fraction of sp³-hybridized carbons (Fsp3) is 0. The fourth-order valence-electron chi connectivity index (χ4n) is 7.95. The topological polar surface area (TPSA) is 3.24 Å². The van der Waals surface area contributed by atoms with Crippen LogP contribution in [0.25, 0.3) is 83.8 Å². The van der Waals surface area contributed by atoms with Crippen molar-refractivity contribution in [3.63, 3.8) is 0 Å². The van der Waals surface area contributed by atoms with Gasteiger partial charge in [0.1, 0.15) is 0 Å². The minimum absolute atomic E-state index is 1.13. The number of rotatable bonds is 4. The van der Waals surface area contributed by atoms with Crippen LogP contribution in [0.2, 0.25) is 0 Å². The van der Waals surface area contributed by atoms with Crippen molar-refractivity contribution in [3.8, 4) is 11.1 Å². The standard InChI is InChI=1S/C48H29NS2/c1-3-10-37-31(8-1)16-17-33-20-25-36(29-42(33)37)49(44-14-7-13-40-41-26-21-32-9-2-4-11-38(32)47(41)51-48(40)44)35-23-18-30(19-24-35)34-22-27-46-43(28-34)39-12-5-6-15-45(39)50-46/h1-29H. The van der Waals surface area contributed by atoms with Crippen LogP contribution >= 0.6 is 22.7 Å². The highest BCUT2D eigenvalue weighted by Gasteiger charge is 2.20. The van der Waals surface area contributed by atoms with E-state index < -0.39 is 0 Å². The van der Waals surface area contributed by atoms with E-state index in [1.165, 1.54) is 89.5 Å². The first-order chi connectivity index (χ1) is 25.3. The monoisotopic (exact) mass is 683 g/mol. The number of hydrogen-bond acceptors (Lipinski definition) is 3. The zero-order valence-corrected chi connectivity index (χ0v) is 29.1. The molecule has 0 N–H and O–H groups in total. The second-order valence-electron chi connectivity index (χ2n) is 13.3. The normalized spacial score (nSPS) is 11.9. The number of anilines is 3. The Balaban J connectivity index is 1.12. The number of hydrogen-bond donors (Lipinski definition) is 0. The van der Waals surface area contributed by atoms with Crippen LogP contribution in [0.4, 0.5) is 17.1 Å². The Bertz CT molecular complexity index is 3150. The van der Waals surface area contributed by atoms with Gasteiger partial charge in [-0.2, -0.15) is 0 Å². The molecule has 0 saturated heterocycles. The molecule has 0 aliphatic heterocycles. The molecule has 11 aromatic rings. The highest BCUT2D eigenvalue weighted by molar-refractivity contribution is 7.27. The Hall–Kier alpha value is -6.00. The molecular weight excluding hydrogens is 655 g/mol. The molecule has 0 amide bonds. The quantitative estimate of drug-likeness (QED) is 0.167. The lowest BCUT2D eigenvalue weighted by atomic mass is 10.00. The van der Waals surface area contributed by atoms with Crippen LogP contribution in [0, 0.1) is 0 Å². The summed E-state index contributed by atoms with van der Waals surface area (Å²) < 4.78 is 5.30. The second-order valence-corrected chi connectivity index (χ2v) is 15.4. The van der Waals surface area contributed by atoms with Gasteiger partial charge in [0.2, 0.25) is 0 Å². The van der Waals surface area contributed by atoms with Gasteiger partial charge in [-0.25, -0.2) is 0 Å². The Morgan fingerprint density at radius 2 is 0.922 bits per heavy atom. The second kappa shape index (κ2) is 11.3. The molecule has 0 aliphatic rings. The van der Waals surface area contributed by atoms with Crippen LogP contribution in [0.1, 0.15) is 0 Å². The molecule has 2 aromatic heterocycles. The summed E-state index contributed by atoms with van der Waals surface area (Å²) in [6.07, 6.45) is 0. The molecule has 0 bridgehead atoms. The SMILES string of the molecule is c1ccc2c(c1)ccc1ccc(N(c3ccc(-c4ccc5sc6ccccc6c5c4)cc3)c3cccc4c3sc3c5ccccc5ccc43)cc12. The predicted molar refractivity (Wildman–Crippen MR) is 225 cm³/mol. The van der Waals surface area contributed by atoms with Crippen LogP contribution in [0.3, 0.4) is 0 Å². The van der Waals surface area contributed by atoms with Gasteiger partial charge in [-0.05, 0) is 92.0 Å². The Kier molecular flexibility index (Phi) is 6.36. The maximum absolute atomic E-state index is 2.46. The molecule has 0 spiro atoms. The minimum atomic E-state index is 1.13. The van der Waals surface area contributed by atoms with E-state index in [1.807, 2.05) is 22.7 Å². The number of benzene rings is 9. The van der Waals surface area contributed by atoms with Gasteiger partial charge < -0.3 is 4.90 Å². The molecule has 0 aliphatic carbocycles. The van der Waals surface area contributed by atoms with E-state index >= 15 is 0 Å². The van der Waals surface area contributed by atoms with Crippen molar-refractivity contribution in [2.75, 3.05) is 4.90 Å². The average Bonchev–Trinajstić information content (AvgIpc) is 3.77. The summed E-state index contributed by atoms with van der Waals surface area (Å²) in [6, 6.07) is 65.0. The first kappa shape index (κ1) is 28.8. The Labute approximate surface area is 302 Å². The smallest absolute Gasteiger partial charge is 0.0640 e. The van der Waals surface area contributed by atoms with E-state index in [2.05, 4.69) is 181 Å². The highest BCUT2D eigenvalue weighted by atomic mass is 32.1. The Morgan fingerprint density at radius 1 is 0.314 bits per heavy atom. The van der Waals surface area contributed by atoms with Crippen molar-refractivity contribution in [1.29, 1.82) is 0 Å². The van der Waals surface area contributed by atoms with Crippen LogP contribution < -0.4 is 4.90 Å². The molecule has 0 atom stereocenters. The molecular formula is C48H29NS2. The van der Waals surface area contributed by atoms with Gasteiger partial charge in [0.15, 0.2) is 0 Å². The fourth-order valence-corrected chi connectivity index (χ4v) is 10.4. The van der Waals surface area contributed by atoms with E-state index in [1.54, 1.807) is 0 Å². The van der Waals surface area contributed by atoms with Crippen LogP contribution in [-0.4, -0.2) is 0 Å². The van der Waals surface area contributed by atoms with Crippen LogP contribution in [0.15, 0.2) is 176 Å². The van der Waals surface area contributed by atoms with Gasteiger partial charge in [-0.1, -0.05) is 127 Å². The van der Waals surface area contributed by atoms with Gasteiger partial charge in [-0.15, -0.1) is 22.7 Å². The molecule has 238 valence electrons. The first-order valence-electron chi connectivity index (χ1n) is 17.3. The van der Waals surface area contributed by atoms with Gasteiger partial charge in [-0.3, -0.25) is 0 Å². The van der Waals surface area contributed by atoms with Crippen LogP contribution in [-0.2, 0) is 0 Å². The third kappa shape index (κ3) is 4.52. The number of fused-ring (bicyclic) bond motifs is 11. The predicted octanol–water partition coefficient (Wildman–Crippen LogP) is 15.0. The number of thiophene rings is 2. The molecule has 0 unspecified atom stereocenters. The van der Waals surface area contributed by atoms with Gasteiger partial charge in [0, 0.05) is 47.0 Å². The zero-order valence-electron chi connectivity index (χ0n) is 27.5. The third-order valence-electron chi connectivity index (χ3n) is 10.4. The van der Waals surface area contributed by atoms with E-state index in [9.17, 15) is 0 Å². The summed E-state index contributed by atoms with van der Waals surface area (Å²) >= 11 is 3.77. The molecule has 3 heteroatoms. The van der Waals surface area contributed by atoms with Gasteiger partial charge in [0.05, 0.1) is 10.4 Å². The molecule has 0 fully saturated rings. The molecule has 51 heavy (non-hydrogen) atoms. The summed E-state index contributed by atoms with van der Waals surface area (Å²) in [5.41, 5.74) is 5.92. The molecule has 0 radical (unpaired) electrons. The molecule has 2 heterocycles. The minimum Gasteiger partial charge on any atom is -0.309 e. The maximum Gasteiger partial charge on any atom is 0.0640 e. The van der Waals surface area contributed by atoms with Crippen molar-refractivity contribution in [2.24, 2.45) is 0 Å². The van der Waals surface area contributed by atoms with Crippen LogP contribution in [0.5, 0.6) is 0 Å². The number of nitrogens with zero attached hydrogens (tertiary/aromatic N) is 1. The van der Waals surface area contributed by atoms with Gasteiger partial charge >= 0.3 is 0 Å². The molecule has 0 saturated carbocycles. The summed E-state index contributed by atoms with van der Waals surface area (Å²) in [5.74, 6) is 0. The average molecular weight is 684 g/mol. The van der Waals surface area contributed by atoms with E-state index in [0.29, 0.717) is 0 Å². The van der Waals surface area contributed by atoms with Crippen molar-refractivity contribution in [2.45, 2.75) is 0 Å². The third-order valence-corrected chi connectivity index (χ3v) is 12.9. The van der Waals surface area contributed by atoms with Crippen molar-refractivity contribution in [3.05, 3.63) is 176 Å². The molecule has 1 nitrogen and oxygen atoms in total. The lowest BCUT2D eigenvalue weighted by molar-refractivity contribution is 1.31. The summed E-state index contributed by atoms with van der Waals surface area (Å²) in [4.78, 5) is 2.46.